The summed E-state index contributed by atoms with van der Waals surface area (Å²) < 4.78 is 0. The predicted molar refractivity (Wildman–Crippen MR) is 83.6 cm³/mol. The zero-order chi connectivity index (χ0) is 15.5. The third kappa shape index (κ3) is 3.37. The minimum Gasteiger partial charge on any atom is -0.369 e. The smallest absolute Gasteiger partial charge is 0.323 e. The molecule has 7 nitrogen and oxygen atoms in total. The van der Waals surface area contributed by atoms with Crippen LogP contribution in [0.5, 0.6) is 0 Å². The van der Waals surface area contributed by atoms with Gasteiger partial charge in [-0.05, 0) is 19.3 Å². The Morgan fingerprint density at radius 1 is 1.18 bits per heavy atom. The van der Waals surface area contributed by atoms with E-state index in [1.54, 1.807) is 4.90 Å². The van der Waals surface area contributed by atoms with Gasteiger partial charge in [0.05, 0.1) is 5.92 Å². The van der Waals surface area contributed by atoms with Gasteiger partial charge in [-0.25, -0.2) is 4.79 Å². The number of hydrogen-bond donors (Lipinski definition) is 2. The summed E-state index contributed by atoms with van der Waals surface area (Å²) in [7, 11) is 0. The fraction of sp³-hybridized carbons (Fsp3) is 0.714. The average molecular weight is 323 g/mol. The molecule has 2 fully saturated rings. The van der Waals surface area contributed by atoms with E-state index >= 15 is 0 Å². The van der Waals surface area contributed by atoms with E-state index < -0.39 is 0 Å². The summed E-state index contributed by atoms with van der Waals surface area (Å²) in [6.45, 7) is 0.934. The topological polar surface area (TPSA) is 101 Å². The molecule has 0 bridgehead atoms. The van der Waals surface area contributed by atoms with Crippen LogP contribution in [0.4, 0.5) is 9.93 Å². The number of rotatable bonds is 3. The summed E-state index contributed by atoms with van der Waals surface area (Å²) in [5.41, 5.74) is 5.28. The van der Waals surface area contributed by atoms with Crippen molar-refractivity contribution in [3.8, 4) is 0 Å². The number of amides is 3. The van der Waals surface area contributed by atoms with Crippen LogP contribution in [0.2, 0.25) is 0 Å². The van der Waals surface area contributed by atoms with E-state index in [1.165, 1.54) is 30.6 Å². The molecule has 1 aromatic rings. The lowest BCUT2D eigenvalue weighted by Gasteiger charge is -2.18. The molecular weight excluding hydrogens is 302 g/mol. The second-order valence-electron chi connectivity index (χ2n) is 6.04. The van der Waals surface area contributed by atoms with E-state index in [2.05, 4.69) is 15.5 Å². The number of nitrogens with two attached hydrogens (primary N) is 1. The number of urea groups is 1. The monoisotopic (exact) mass is 323 g/mol. The second-order valence-corrected chi connectivity index (χ2v) is 7.05. The zero-order valence-corrected chi connectivity index (χ0v) is 13.3. The molecule has 1 saturated heterocycles. The van der Waals surface area contributed by atoms with E-state index in [1.807, 2.05) is 0 Å². The first-order valence-electron chi connectivity index (χ1n) is 7.82. The van der Waals surface area contributed by atoms with Gasteiger partial charge in [-0.3, -0.25) is 10.1 Å². The predicted octanol–water partition coefficient (Wildman–Crippen LogP) is 1.92. The molecule has 1 aliphatic heterocycles. The molecule has 1 saturated carbocycles. The first-order valence-corrected chi connectivity index (χ1v) is 8.64. The molecule has 2 heterocycles. The summed E-state index contributed by atoms with van der Waals surface area (Å²) >= 11 is 1.46. The Morgan fingerprint density at radius 2 is 1.95 bits per heavy atom. The normalized spacial score (nSPS) is 22.7. The van der Waals surface area contributed by atoms with Crippen LogP contribution in [0, 0.1) is 5.92 Å². The number of likely N-dealkylation sites (tertiary alicyclic amines) is 1. The fourth-order valence-electron chi connectivity index (χ4n) is 3.15. The van der Waals surface area contributed by atoms with Gasteiger partial charge in [-0.2, -0.15) is 0 Å². The van der Waals surface area contributed by atoms with Crippen molar-refractivity contribution in [2.24, 2.45) is 11.7 Å². The standard InChI is InChI=1S/C14H21N5O2S/c15-11(20)10-6-7-19(8-10)14(21)16-13-18-17-12(22-13)9-4-2-1-3-5-9/h9-10H,1-8H2,(H2,15,20)(H,16,18,21)/t10-/m0/s1. The Kier molecular flexibility index (Phi) is 4.56. The van der Waals surface area contributed by atoms with Crippen molar-refractivity contribution in [3.05, 3.63) is 5.01 Å². The number of nitrogens with zero attached hydrogens (tertiary/aromatic N) is 3. The van der Waals surface area contributed by atoms with Gasteiger partial charge < -0.3 is 10.6 Å². The van der Waals surface area contributed by atoms with Crippen molar-refractivity contribution in [2.75, 3.05) is 18.4 Å². The molecule has 0 aromatic carbocycles. The third-order valence-corrected chi connectivity index (χ3v) is 5.49. The van der Waals surface area contributed by atoms with Crippen LogP contribution in [-0.4, -0.2) is 40.1 Å². The van der Waals surface area contributed by atoms with Crippen LogP contribution in [0.1, 0.15) is 49.5 Å². The van der Waals surface area contributed by atoms with E-state index in [-0.39, 0.29) is 17.9 Å². The molecule has 1 atom stereocenters. The second kappa shape index (κ2) is 6.60. The van der Waals surface area contributed by atoms with Gasteiger partial charge in [0.1, 0.15) is 5.01 Å². The Morgan fingerprint density at radius 3 is 2.64 bits per heavy atom. The Hall–Kier alpha value is -1.70. The number of carbonyl (C=O) groups is 2. The summed E-state index contributed by atoms with van der Waals surface area (Å²) in [5, 5.41) is 12.6. The molecule has 3 amide bonds. The molecule has 0 spiro atoms. The first-order chi connectivity index (χ1) is 10.6. The van der Waals surface area contributed by atoms with Gasteiger partial charge in [0.2, 0.25) is 11.0 Å². The summed E-state index contributed by atoms with van der Waals surface area (Å²) in [5.74, 6) is -0.0910. The minimum atomic E-state index is -0.342. The van der Waals surface area contributed by atoms with Crippen LogP contribution in [0.15, 0.2) is 0 Å². The lowest BCUT2D eigenvalue weighted by atomic mass is 9.90. The van der Waals surface area contributed by atoms with Gasteiger partial charge in [0, 0.05) is 19.0 Å². The Labute approximate surface area is 133 Å². The highest BCUT2D eigenvalue weighted by Gasteiger charge is 2.30. The van der Waals surface area contributed by atoms with E-state index in [0.29, 0.717) is 30.6 Å². The molecule has 1 aliphatic carbocycles. The maximum absolute atomic E-state index is 12.2. The molecule has 8 heteroatoms. The molecule has 3 rings (SSSR count). The summed E-state index contributed by atoms with van der Waals surface area (Å²) in [6.07, 6.45) is 6.74. The molecule has 0 unspecified atom stereocenters. The lowest BCUT2D eigenvalue weighted by molar-refractivity contribution is -0.121. The van der Waals surface area contributed by atoms with Crippen molar-refractivity contribution in [1.29, 1.82) is 0 Å². The SMILES string of the molecule is NC(=O)[C@H]1CCN(C(=O)Nc2nnc(C3CCCCC3)s2)C1. The molecule has 2 aliphatic rings. The number of aromatic nitrogens is 2. The van der Waals surface area contributed by atoms with Crippen molar-refractivity contribution < 1.29 is 9.59 Å². The highest BCUT2D eigenvalue weighted by Crippen LogP contribution is 2.35. The molecular formula is C14H21N5O2S. The van der Waals surface area contributed by atoms with E-state index in [0.717, 1.165) is 17.8 Å². The fourth-order valence-corrected chi connectivity index (χ4v) is 4.05. The summed E-state index contributed by atoms with van der Waals surface area (Å²) in [4.78, 5) is 24.9. The minimum absolute atomic E-state index is 0.227. The number of hydrogen-bond acceptors (Lipinski definition) is 5. The Bertz CT molecular complexity index is 555. The number of nitrogens with one attached hydrogen (secondary N) is 1. The van der Waals surface area contributed by atoms with Crippen LogP contribution in [-0.2, 0) is 4.79 Å². The quantitative estimate of drug-likeness (QED) is 0.887. The maximum Gasteiger partial charge on any atom is 0.323 e. The number of anilines is 1. The molecule has 3 N–H and O–H groups in total. The van der Waals surface area contributed by atoms with Crippen LogP contribution >= 0.6 is 11.3 Å². The van der Waals surface area contributed by atoms with Gasteiger partial charge in [0.15, 0.2) is 0 Å². The van der Waals surface area contributed by atoms with Crippen molar-refractivity contribution >= 4 is 28.4 Å². The van der Waals surface area contributed by atoms with E-state index in [4.69, 9.17) is 5.73 Å². The van der Waals surface area contributed by atoms with Gasteiger partial charge >= 0.3 is 6.03 Å². The first kappa shape index (κ1) is 15.2. The van der Waals surface area contributed by atoms with Crippen molar-refractivity contribution in [2.45, 2.75) is 44.4 Å². The number of primary amides is 1. The lowest BCUT2D eigenvalue weighted by Crippen LogP contribution is -2.34. The largest absolute Gasteiger partial charge is 0.369 e. The highest BCUT2D eigenvalue weighted by molar-refractivity contribution is 7.15. The molecule has 1 aromatic heterocycles. The molecule has 0 radical (unpaired) electrons. The molecule has 120 valence electrons. The van der Waals surface area contributed by atoms with E-state index in [9.17, 15) is 9.59 Å². The Balaban J connectivity index is 1.56. The van der Waals surface area contributed by atoms with Crippen LogP contribution in [0.25, 0.3) is 0 Å². The third-order valence-electron chi connectivity index (χ3n) is 4.49. The van der Waals surface area contributed by atoms with Gasteiger partial charge in [-0.1, -0.05) is 30.6 Å². The summed E-state index contributed by atoms with van der Waals surface area (Å²) in [6, 6.07) is -0.227. The molecule has 22 heavy (non-hydrogen) atoms. The van der Waals surface area contributed by atoms with Gasteiger partial charge in [0.25, 0.3) is 0 Å². The van der Waals surface area contributed by atoms with Crippen molar-refractivity contribution in [1.82, 2.24) is 15.1 Å². The number of carbonyl (C=O) groups excluding carboxylic acids is 2. The maximum atomic E-state index is 12.2. The zero-order valence-electron chi connectivity index (χ0n) is 12.5. The highest BCUT2D eigenvalue weighted by atomic mass is 32.1. The van der Waals surface area contributed by atoms with Crippen LogP contribution in [0.3, 0.4) is 0 Å². The van der Waals surface area contributed by atoms with Crippen LogP contribution < -0.4 is 11.1 Å². The van der Waals surface area contributed by atoms with Gasteiger partial charge in [-0.15, -0.1) is 10.2 Å². The average Bonchev–Trinajstić information content (AvgIpc) is 3.17. The van der Waals surface area contributed by atoms with Crippen molar-refractivity contribution in [3.63, 3.8) is 0 Å².